The van der Waals surface area contributed by atoms with Crippen molar-refractivity contribution in [3.05, 3.63) is 35.9 Å². The maximum absolute atomic E-state index is 11.2. The third-order valence-corrected chi connectivity index (χ3v) is 4.52. The summed E-state index contributed by atoms with van der Waals surface area (Å²) >= 11 is 0. The minimum absolute atomic E-state index is 0.0726. The largest absolute Gasteiger partial charge is 0.362 e. The number of nitrogens with zero attached hydrogens (tertiary/aromatic N) is 1. The van der Waals surface area contributed by atoms with E-state index >= 15 is 0 Å². The Labute approximate surface area is 120 Å². The van der Waals surface area contributed by atoms with Crippen LogP contribution in [0.1, 0.15) is 37.7 Å². The molecule has 3 rings (SSSR count). The molecule has 1 aliphatic heterocycles. The number of carbonyl (C=O) groups excluding carboxylic acids is 1. The van der Waals surface area contributed by atoms with Gasteiger partial charge < -0.3 is 9.53 Å². The third-order valence-electron chi connectivity index (χ3n) is 4.52. The van der Waals surface area contributed by atoms with Crippen LogP contribution in [-0.4, -0.2) is 36.0 Å². The van der Waals surface area contributed by atoms with Gasteiger partial charge in [0.25, 0.3) is 0 Å². The fraction of sp³-hybridized carbons (Fsp3) is 0.588. The molecule has 1 heterocycles. The minimum Gasteiger partial charge on any atom is -0.362 e. The summed E-state index contributed by atoms with van der Waals surface area (Å²) in [5, 5.41) is 0. The number of rotatable bonds is 3. The molecule has 2 fully saturated rings. The van der Waals surface area contributed by atoms with Crippen molar-refractivity contribution in [1.82, 2.24) is 4.90 Å². The molecule has 3 heteroatoms. The van der Waals surface area contributed by atoms with Crippen molar-refractivity contribution in [2.45, 2.75) is 50.4 Å². The van der Waals surface area contributed by atoms with Crippen LogP contribution in [0, 0.1) is 0 Å². The lowest BCUT2D eigenvalue weighted by Gasteiger charge is -2.47. The Morgan fingerprint density at radius 1 is 1.20 bits per heavy atom. The molecule has 1 aromatic rings. The van der Waals surface area contributed by atoms with Gasteiger partial charge in [0, 0.05) is 19.6 Å². The fourth-order valence-electron chi connectivity index (χ4n) is 3.63. The van der Waals surface area contributed by atoms with E-state index in [4.69, 9.17) is 4.74 Å². The Balaban J connectivity index is 1.72. The molecule has 0 N–H and O–H groups in total. The van der Waals surface area contributed by atoms with Crippen molar-refractivity contribution in [1.29, 1.82) is 0 Å². The van der Waals surface area contributed by atoms with Gasteiger partial charge in [-0.05, 0) is 18.4 Å². The molecule has 108 valence electrons. The lowest BCUT2D eigenvalue weighted by atomic mass is 9.83. The summed E-state index contributed by atoms with van der Waals surface area (Å²) in [6.07, 6.45) is 6.68. The van der Waals surface area contributed by atoms with Gasteiger partial charge in [-0.15, -0.1) is 0 Å². The maximum atomic E-state index is 11.2. The zero-order valence-electron chi connectivity index (χ0n) is 12.0. The molecule has 2 aliphatic rings. The standard InChI is InChI=1S/C17H23NO2/c19-13-16-12-18(11-15-7-3-1-4-8-15)14-17(20-16)9-5-2-6-10-17/h1,3-4,7-8,13,16H,2,5-6,9-12,14H2/t16-/m0/s1. The molecule has 1 spiro atoms. The number of ether oxygens (including phenoxy) is 1. The van der Waals surface area contributed by atoms with E-state index in [1.165, 1.54) is 24.8 Å². The monoisotopic (exact) mass is 273 g/mol. The van der Waals surface area contributed by atoms with Gasteiger partial charge >= 0.3 is 0 Å². The quantitative estimate of drug-likeness (QED) is 0.793. The number of aldehydes is 1. The van der Waals surface area contributed by atoms with Gasteiger partial charge in [-0.25, -0.2) is 0 Å². The summed E-state index contributed by atoms with van der Waals surface area (Å²) in [5.74, 6) is 0. The van der Waals surface area contributed by atoms with Gasteiger partial charge in [0.2, 0.25) is 0 Å². The van der Waals surface area contributed by atoms with Gasteiger partial charge in [-0.2, -0.15) is 0 Å². The summed E-state index contributed by atoms with van der Waals surface area (Å²) < 4.78 is 6.12. The molecular formula is C17H23NO2. The molecule has 1 saturated heterocycles. The molecule has 1 aromatic carbocycles. The molecule has 0 unspecified atom stereocenters. The first-order chi connectivity index (χ1) is 9.80. The molecule has 0 bridgehead atoms. The van der Waals surface area contributed by atoms with Crippen LogP contribution >= 0.6 is 0 Å². The first-order valence-corrected chi connectivity index (χ1v) is 7.69. The van der Waals surface area contributed by atoms with Crippen LogP contribution in [0.2, 0.25) is 0 Å². The Morgan fingerprint density at radius 2 is 1.95 bits per heavy atom. The second-order valence-electron chi connectivity index (χ2n) is 6.19. The first-order valence-electron chi connectivity index (χ1n) is 7.69. The second-order valence-corrected chi connectivity index (χ2v) is 6.19. The number of benzene rings is 1. The van der Waals surface area contributed by atoms with E-state index in [0.717, 1.165) is 38.8 Å². The highest BCUT2D eigenvalue weighted by Gasteiger charge is 2.41. The van der Waals surface area contributed by atoms with E-state index in [9.17, 15) is 4.79 Å². The Kier molecular flexibility index (Phi) is 4.18. The summed E-state index contributed by atoms with van der Waals surface area (Å²) in [6.45, 7) is 2.60. The zero-order chi connectivity index (χ0) is 13.8. The fourth-order valence-corrected chi connectivity index (χ4v) is 3.63. The Hall–Kier alpha value is -1.19. The van der Waals surface area contributed by atoms with Crippen LogP contribution in [0.3, 0.4) is 0 Å². The topological polar surface area (TPSA) is 29.5 Å². The normalized spacial score (nSPS) is 26.5. The van der Waals surface area contributed by atoms with E-state index in [1.54, 1.807) is 0 Å². The van der Waals surface area contributed by atoms with Crippen LogP contribution in [0.5, 0.6) is 0 Å². The van der Waals surface area contributed by atoms with E-state index in [1.807, 2.05) is 6.07 Å². The molecular weight excluding hydrogens is 250 g/mol. The predicted octanol–water partition coefficient (Wildman–Crippen LogP) is 2.79. The molecule has 0 radical (unpaired) electrons. The van der Waals surface area contributed by atoms with E-state index in [-0.39, 0.29) is 11.7 Å². The SMILES string of the molecule is O=C[C@@H]1CN(Cc2ccccc2)CC2(CCCCC2)O1. The van der Waals surface area contributed by atoms with Gasteiger partial charge in [0.1, 0.15) is 12.4 Å². The summed E-state index contributed by atoms with van der Waals surface area (Å²) in [5.41, 5.74) is 1.24. The number of carbonyl (C=O) groups is 1. The van der Waals surface area contributed by atoms with Crippen molar-refractivity contribution < 1.29 is 9.53 Å². The average molecular weight is 273 g/mol. The van der Waals surface area contributed by atoms with Gasteiger partial charge in [0.15, 0.2) is 0 Å². The molecule has 20 heavy (non-hydrogen) atoms. The summed E-state index contributed by atoms with van der Waals surface area (Å²) in [7, 11) is 0. The lowest BCUT2D eigenvalue weighted by molar-refractivity contribution is -0.172. The van der Waals surface area contributed by atoms with Gasteiger partial charge in [-0.3, -0.25) is 4.90 Å². The highest BCUT2D eigenvalue weighted by molar-refractivity contribution is 5.56. The summed E-state index contributed by atoms with van der Waals surface area (Å²) in [6, 6.07) is 10.5. The van der Waals surface area contributed by atoms with Crippen molar-refractivity contribution in [2.24, 2.45) is 0 Å². The minimum atomic E-state index is -0.259. The summed E-state index contributed by atoms with van der Waals surface area (Å²) in [4.78, 5) is 13.6. The van der Waals surface area contributed by atoms with Gasteiger partial charge in [-0.1, -0.05) is 49.6 Å². The van der Waals surface area contributed by atoms with Gasteiger partial charge in [0.05, 0.1) is 5.60 Å². The van der Waals surface area contributed by atoms with Crippen LogP contribution in [0.25, 0.3) is 0 Å². The van der Waals surface area contributed by atoms with Crippen LogP contribution in [-0.2, 0) is 16.1 Å². The zero-order valence-corrected chi connectivity index (χ0v) is 12.0. The van der Waals surface area contributed by atoms with Crippen LogP contribution in [0.15, 0.2) is 30.3 Å². The number of morpholine rings is 1. The first kappa shape index (κ1) is 13.8. The molecule has 0 amide bonds. The molecule has 1 aliphatic carbocycles. The second kappa shape index (κ2) is 6.06. The molecule has 1 atom stereocenters. The predicted molar refractivity (Wildman–Crippen MR) is 78.5 cm³/mol. The lowest BCUT2D eigenvalue weighted by Crippen LogP contribution is -2.56. The average Bonchev–Trinajstić information content (AvgIpc) is 2.48. The smallest absolute Gasteiger partial charge is 0.150 e. The van der Waals surface area contributed by atoms with E-state index in [0.29, 0.717) is 0 Å². The van der Waals surface area contributed by atoms with Crippen molar-refractivity contribution >= 4 is 6.29 Å². The molecule has 3 nitrogen and oxygen atoms in total. The van der Waals surface area contributed by atoms with E-state index < -0.39 is 0 Å². The number of hydrogen-bond acceptors (Lipinski definition) is 3. The maximum Gasteiger partial charge on any atom is 0.150 e. The molecule has 0 aromatic heterocycles. The van der Waals surface area contributed by atoms with Crippen molar-refractivity contribution in [3.63, 3.8) is 0 Å². The Bertz CT molecular complexity index is 440. The van der Waals surface area contributed by atoms with Crippen molar-refractivity contribution in [2.75, 3.05) is 13.1 Å². The number of hydrogen-bond donors (Lipinski definition) is 0. The Morgan fingerprint density at radius 3 is 2.65 bits per heavy atom. The molecule has 1 saturated carbocycles. The van der Waals surface area contributed by atoms with E-state index in [2.05, 4.69) is 29.2 Å². The highest BCUT2D eigenvalue weighted by atomic mass is 16.5. The highest BCUT2D eigenvalue weighted by Crippen LogP contribution is 2.36. The third kappa shape index (κ3) is 3.10. The van der Waals surface area contributed by atoms with Crippen LogP contribution in [0.4, 0.5) is 0 Å². The van der Waals surface area contributed by atoms with Crippen LogP contribution < -0.4 is 0 Å². The van der Waals surface area contributed by atoms with Crippen molar-refractivity contribution in [3.8, 4) is 0 Å².